The summed E-state index contributed by atoms with van der Waals surface area (Å²) < 4.78 is 18.9. The summed E-state index contributed by atoms with van der Waals surface area (Å²) in [7, 11) is 0. The number of halogens is 2. The third kappa shape index (κ3) is 3.33. The summed E-state index contributed by atoms with van der Waals surface area (Å²) in [5.74, 6) is -0.386. The number of hydrogen-bond donors (Lipinski definition) is 1. The predicted octanol–water partition coefficient (Wildman–Crippen LogP) is 3.85. The van der Waals surface area contributed by atoms with E-state index >= 15 is 0 Å². The second-order valence-electron chi connectivity index (χ2n) is 5.07. The van der Waals surface area contributed by atoms with Gasteiger partial charge in [0.25, 0.3) is 0 Å². The second-order valence-corrected chi connectivity index (χ2v) is 5.48. The molecule has 1 N–H and O–H groups in total. The fraction of sp³-hybridized carbons (Fsp3) is 0.538. The fourth-order valence-corrected chi connectivity index (χ4v) is 2.29. The van der Waals surface area contributed by atoms with Gasteiger partial charge in [-0.25, -0.2) is 4.39 Å². The van der Waals surface area contributed by atoms with Crippen molar-refractivity contribution < 1.29 is 9.13 Å². The highest BCUT2D eigenvalue weighted by Gasteiger charge is 2.28. The molecular weight excluding hydrogens is 241 g/mol. The number of benzene rings is 1. The van der Waals surface area contributed by atoms with Crippen LogP contribution in [0.25, 0.3) is 0 Å². The first kappa shape index (κ1) is 12.7. The van der Waals surface area contributed by atoms with E-state index < -0.39 is 0 Å². The molecule has 2 rings (SSSR count). The Labute approximate surface area is 106 Å². The minimum absolute atomic E-state index is 0.110. The van der Waals surface area contributed by atoms with Crippen LogP contribution >= 0.6 is 11.6 Å². The van der Waals surface area contributed by atoms with Crippen molar-refractivity contribution in [3.8, 4) is 0 Å². The molecule has 1 unspecified atom stereocenters. The summed E-state index contributed by atoms with van der Waals surface area (Å²) in [5, 5.41) is 3.48. The molecule has 1 aromatic rings. The highest BCUT2D eigenvalue weighted by atomic mass is 35.5. The van der Waals surface area contributed by atoms with Crippen LogP contribution < -0.4 is 5.32 Å². The van der Waals surface area contributed by atoms with Gasteiger partial charge in [-0.1, -0.05) is 11.6 Å². The maximum absolute atomic E-state index is 13.3. The zero-order valence-corrected chi connectivity index (χ0v) is 10.9. The van der Waals surface area contributed by atoms with Crippen molar-refractivity contribution in [1.82, 2.24) is 0 Å². The SMILES string of the molecule is CC1(C)CC(Nc2ccc(Cl)c(F)c2)CCO1. The minimum Gasteiger partial charge on any atom is -0.382 e. The van der Waals surface area contributed by atoms with E-state index in [0.717, 1.165) is 25.1 Å². The van der Waals surface area contributed by atoms with Crippen molar-refractivity contribution in [1.29, 1.82) is 0 Å². The van der Waals surface area contributed by atoms with Gasteiger partial charge in [-0.3, -0.25) is 0 Å². The highest BCUT2D eigenvalue weighted by Crippen LogP contribution is 2.27. The number of nitrogens with one attached hydrogen (secondary N) is 1. The van der Waals surface area contributed by atoms with Crippen LogP contribution in [0.2, 0.25) is 5.02 Å². The van der Waals surface area contributed by atoms with Gasteiger partial charge in [-0.2, -0.15) is 0 Å². The summed E-state index contributed by atoms with van der Waals surface area (Å²) in [6.45, 7) is 4.88. The zero-order valence-electron chi connectivity index (χ0n) is 10.1. The molecule has 1 heterocycles. The molecule has 0 bridgehead atoms. The lowest BCUT2D eigenvalue weighted by atomic mass is 9.94. The first-order valence-corrected chi connectivity index (χ1v) is 6.20. The molecule has 0 amide bonds. The first-order chi connectivity index (χ1) is 7.96. The Morgan fingerprint density at radius 3 is 2.88 bits per heavy atom. The van der Waals surface area contributed by atoms with Gasteiger partial charge >= 0.3 is 0 Å². The quantitative estimate of drug-likeness (QED) is 0.869. The first-order valence-electron chi connectivity index (χ1n) is 5.82. The van der Waals surface area contributed by atoms with E-state index in [9.17, 15) is 4.39 Å². The second kappa shape index (κ2) is 4.83. The number of ether oxygens (including phenoxy) is 1. The van der Waals surface area contributed by atoms with Crippen LogP contribution in [0, 0.1) is 5.82 Å². The van der Waals surface area contributed by atoms with Crippen LogP contribution in [0.15, 0.2) is 18.2 Å². The Hall–Kier alpha value is -0.800. The molecule has 0 radical (unpaired) electrons. The maximum Gasteiger partial charge on any atom is 0.143 e. The normalized spacial score (nSPS) is 23.4. The Bertz CT molecular complexity index is 408. The van der Waals surface area contributed by atoms with Crippen molar-refractivity contribution >= 4 is 17.3 Å². The molecule has 94 valence electrons. The Morgan fingerprint density at radius 1 is 1.47 bits per heavy atom. The molecule has 1 aliphatic rings. The van der Waals surface area contributed by atoms with E-state index in [1.807, 2.05) is 0 Å². The molecule has 1 atom stereocenters. The predicted molar refractivity (Wildman–Crippen MR) is 68.1 cm³/mol. The third-order valence-electron chi connectivity index (χ3n) is 2.99. The lowest BCUT2D eigenvalue weighted by Gasteiger charge is -2.36. The van der Waals surface area contributed by atoms with Gasteiger partial charge in [-0.05, 0) is 44.9 Å². The molecular formula is C13H17ClFNO. The van der Waals surface area contributed by atoms with Gasteiger partial charge < -0.3 is 10.1 Å². The summed E-state index contributed by atoms with van der Waals surface area (Å²) >= 11 is 5.65. The standard InChI is InChI=1S/C13H17ClFNO/c1-13(2)8-10(5-6-17-13)16-9-3-4-11(14)12(15)7-9/h3-4,7,10,16H,5-6,8H2,1-2H3. The summed E-state index contributed by atoms with van der Waals surface area (Å²) in [4.78, 5) is 0. The third-order valence-corrected chi connectivity index (χ3v) is 3.29. The van der Waals surface area contributed by atoms with Crippen molar-refractivity contribution in [2.45, 2.75) is 38.3 Å². The van der Waals surface area contributed by atoms with Gasteiger partial charge in [-0.15, -0.1) is 0 Å². The van der Waals surface area contributed by atoms with E-state index in [-0.39, 0.29) is 16.4 Å². The van der Waals surface area contributed by atoms with Gasteiger partial charge in [0.1, 0.15) is 5.82 Å². The topological polar surface area (TPSA) is 21.3 Å². The smallest absolute Gasteiger partial charge is 0.143 e. The Balaban J connectivity index is 2.03. The summed E-state index contributed by atoms with van der Waals surface area (Å²) in [6.07, 6.45) is 1.85. The molecule has 0 aromatic heterocycles. The van der Waals surface area contributed by atoms with Crippen LogP contribution in [-0.4, -0.2) is 18.2 Å². The molecule has 1 aliphatic heterocycles. The van der Waals surface area contributed by atoms with Crippen molar-refractivity contribution in [2.24, 2.45) is 0 Å². The molecule has 0 aliphatic carbocycles. The van der Waals surface area contributed by atoms with E-state index in [2.05, 4.69) is 19.2 Å². The average molecular weight is 258 g/mol. The highest BCUT2D eigenvalue weighted by molar-refractivity contribution is 6.30. The van der Waals surface area contributed by atoms with E-state index in [1.54, 1.807) is 12.1 Å². The van der Waals surface area contributed by atoms with Crippen molar-refractivity contribution in [3.05, 3.63) is 29.0 Å². The lowest BCUT2D eigenvalue weighted by molar-refractivity contribution is -0.0553. The molecule has 4 heteroatoms. The average Bonchev–Trinajstić information content (AvgIpc) is 2.22. The van der Waals surface area contributed by atoms with Crippen LogP contribution in [0.5, 0.6) is 0 Å². The van der Waals surface area contributed by atoms with Crippen LogP contribution in [0.1, 0.15) is 26.7 Å². The Kier molecular flexibility index (Phi) is 3.59. The maximum atomic E-state index is 13.3. The zero-order chi connectivity index (χ0) is 12.5. The van der Waals surface area contributed by atoms with Crippen LogP contribution in [-0.2, 0) is 4.74 Å². The van der Waals surface area contributed by atoms with Gasteiger partial charge in [0.05, 0.1) is 10.6 Å². The molecule has 17 heavy (non-hydrogen) atoms. The molecule has 0 saturated carbocycles. The number of hydrogen-bond acceptors (Lipinski definition) is 2. The van der Waals surface area contributed by atoms with Gasteiger partial charge in [0.2, 0.25) is 0 Å². The van der Waals surface area contributed by atoms with Crippen LogP contribution in [0.3, 0.4) is 0 Å². The largest absolute Gasteiger partial charge is 0.382 e. The summed E-state index contributed by atoms with van der Waals surface area (Å²) in [6, 6.07) is 5.13. The monoisotopic (exact) mass is 257 g/mol. The van der Waals surface area contributed by atoms with Gasteiger partial charge in [0, 0.05) is 18.3 Å². The summed E-state index contributed by atoms with van der Waals surface area (Å²) in [5.41, 5.74) is 0.663. The van der Waals surface area contributed by atoms with Crippen molar-refractivity contribution in [3.63, 3.8) is 0 Å². The number of anilines is 1. The van der Waals surface area contributed by atoms with E-state index in [0.29, 0.717) is 6.04 Å². The van der Waals surface area contributed by atoms with Crippen molar-refractivity contribution in [2.75, 3.05) is 11.9 Å². The fourth-order valence-electron chi connectivity index (χ4n) is 2.18. The van der Waals surface area contributed by atoms with E-state index in [4.69, 9.17) is 16.3 Å². The lowest BCUT2D eigenvalue weighted by Crippen LogP contribution is -2.40. The molecule has 1 saturated heterocycles. The van der Waals surface area contributed by atoms with Crippen LogP contribution in [0.4, 0.5) is 10.1 Å². The van der Waals surface area contributed by atoms with Gasteiger partial charge in [0.15, 0.2) is 0 Å². The molecule has 2 nitrogen and oxygen atoms in total. The van der Waals surface area contributed by atoms with E-state index in [1.165, 1.54) is 6.07 Å². The minimum atomic E-state index is -0.386. The molecule has 1 aromatic carbocycles. The number of rotatable bonds is 2. The Morgan fingerprint density at radius 2 is 2.24 bits per heavy atom. The molecule has 0 spiro atoms. The molecule has 1 fully saturated rings.